The van der Waals surface area contributed by atoms with Crippen molar-refractivity contribution in [1.29, 1.82) is 0 Å². The molecule has 0 bridgehead atoms. The van der Waals surface area contributed by atoms with Gasteiger partial charge in [0.05, 0.1) is 5.41 Å². The zero-order valence-electron chi connectivity index (χ0n) is 12.3. The summed E-state index contributed by atoms with van der Waals surface area (Å²) < 4.78 is 0. The third kappa shape index (κ3) is 3.57. The number of carbonyl (C=O) groups excluding carboxylic acids is 1. The van der Waals surface area contributed by atoms with Gasteiger partial charge in [-0.3, -0.25) is 4.79 Å². The van der Waals surface area contributed by atoms with E-state index in [9.17, 15) is 4.79 Å². The predicted molar refractivity (Wildman–Crippen MR) is 79.9 cm³/mol. The summed E-state index contributed by atoms with van der Waals surface area (Å²) in [5.41, 5.74) is 6.27. The van der Waals surface area contributed by atoms with Gasteiger partial charge in [0, 0.05) is 6.54 Å². The molecular formula is C16H26N2O. The molecule has 0 saturated carbocycles. The van der Waals surface area contributed by atoms with E-state index in [0.717, 1.165) is 18.4 Å². The number of carbonyl (C=O) groups is 1. The Kier molecular flexibility index (Phi) is 6.03. The van der Waals surface area contributed by atoms with Crippen molar-refractivity contribution in [1.82, 2.24) is 5.32 Å². The van der Waals surface area contributed by atoms with E-state index < -0.39 is 5.41 Å². The first-order chi connectivity index (χ1) is 9.10. The minimum absolute atomic E-state index is 0.115. The first-order valence-corrected chi connectivity index (χ1v) is 7.14. The van der Waals surface area contributed by atoms with Gasteiger partial charge in [0.15, 0.2) is 0 Å². The monoisotopic (exact) mass is 262 g/mol. The van der Waals surface area contributed by atoms with Crippen molar-refractivity contribution in [3.05, 3.63) is 35.9 Å². The number of hydrogen-bond acceptors (Lipinski definition) is 2. The maximum atomic E-state index is 12.6. The second kappa shape index (κ2) is 7.29. The van der Waals surface area contributed by atoms with Crippen LogP contribution < -0.4 is 11.1 Å². The first-order valence-electron chi connectivity index (χ1n) is 7.14. The van der Waals surface area contributed by atoms with Gasteiger partial charge in [-0.25, -0.2) is 0 Å². The molecule has 1 aromatic rings. The normalized spacial score (nSPS) is 13.1. The Morgan fingerprint density at radius 2 is 1.84 bits per heavy atom. The fourth-order valence-electron chi connectivity index (χ4n) is 2.39. The molecule has 1 rings (SSSR count). The van der Waals surface area contributed by atoms with E-state index in [1.54, 1.807) is 0 Å². The van der Waals surface area contributed by atoms with Crippen LogP contribution in [0, 0.1) is 5.92 Å². The van der Waals surface area contributed by atoms with Crippen LogP contribution >= 0.6 is 0 Å². The van der Waals surface area contributed by atoms with Gasteiger partial charge >= 0.3 is 0 Å². The number of benzene rings is 1. The number of hydrogen-bond donors (Lipinski definition) is 2. The molecule has 106 valence electrons. The molecule has 0 radical (unpaired) electrons. The summed E-state index contributed by atoms with van der Waals surface area (Å²) in [7, 11) is 0. The Morgan fingerprint density at radius 1 is 1.26 bits per heavy atom. The van der Waals surface area contributed by atoms with Crippen LogP contribution in [0.1, 0.15) is 39.2 Å². The van der Waals surface area contributed by atoms with Crippen LogP contribution in [0.25, 0.3) is 0 Å². The highest BCUT2D eigenvalue weighted by Crippen LogP contribution is 2.31. The van der Waals surface area contributed by atoms with Crippen molar-refractivity contribution >= 4 is 5.91 Å². The zero-order valence-corrected chi connectivity index (χ0v) is 12.3. The van der Waals surface area contributed by atoms with Crippen LogP contribution in [-0.4, -0.2) is 19.0 Å². The van der Waals surface area contributed by atoms with Crippen molar-refractivity contribution in [2.45, 2.75) is 39.0 Å². The number of rotatable bonds is 7. The maximum Gasteiger partial charge on any atom is 0.230 e. The molecule has 0 aromatic heterocycles. The van der Waals surface area contributed by atoms with Crippen LogP contribution in [0.4, 0.5) is 0 Å². The van der Waals surface area contributed by atoms with Gasteiger partial charge in [0.25, 0.3) is 0 Å². The molecule has 19 heavy (non-hydrogen) atoms. The predicted octanol–water partition coefficient (Wildman–Crippen LogP) is 2.46. The second-order valence-electron chi connectivity index (χ2n) is 5.21. The average molecular weight is 262 g/mol. The van der Waals surface area contributed by atoms with Crippen LogP contribution in [-0.2, 0) is 10.2 Å². The van der Waals surface area contributed by atoms with Crippen LogP contribution in [0.5, 0.6) is 0 Å². The molecular weight excluding hydrogens is 236 g/mol. The van der Waals surface area contributed by atoms with Gasteiger partial charge in [0.2, 0.25) is 5.91 Å². The Bertz CT molecular complexity index is 385. The van der Waals surface area contributed by atoms with E-state index in [1.807, 2.05) is 37.3 Å². The molecule has 1 amide bonds. The van der Waals surface area contributed by atoms with Crippen LogP contribution in [0.3, 0.4) is 0 Å². The minimum Gasteiger partial charge on any atom is -0.355 e. The molecule has 1 atom stereocenters. The first kappa shape index (κ1) is 15.7. The molecule has 0 saturated heterocycles. The summed E-state index contributed by atoms with van der Waals surface area (Å²) in [5, 5.41) is 3.06. The minimum atomic E-state index is -0.421. The highest BCUT2D eigenvalue weighted by Gasteiger charge is 2.36. The molecule has 3 heteroatoms. The van der Waals surface area contributed by atoms with Gasteiger partial charge in [-0.1, -0.05) is 51.1 Å². The summed E-state index contributed by atoms with van der Waals surface area (Å²) in [6.45, 7) is 7.42. The van der Waals surface area contributed by atoms with Crippen molar-refractivity contribution < 1.29 is 4.79 Å². The molecule has 0 spiro atoms. The van der Waals surface area contributed by atoms with E-state index in [0.29, 0.717) is 19.0 Å². The maximum absolute atomic E-state index is 12.6. The Hall–Kier alpha value is -1.35. The van der Waals surface area contributed by atoms with Gasteiger partial charge < -0.3 is 11.1 Å². The van der Waals surface area contributed by atoms with E-state index in [-0.39, 0.29) is 5.91 Å². The smallest absolute Gasteiger partial charge is 0.230 e. The Morgan fingerprint density at radius 3 is 2.32 bits per heavy atom. The lowest BCUT2D eigenvalue weighted by molar-refractivity contribution is -0.127. The van der Waals surface area contributed by atoms with E-state index >= 15 is 0 Å². The molecule has 0 aliphatic rings. The van der Waals surface area contributed by atoms with Crippen molar-refractivity contribution in [3.63, 3.8) is 0 Å². The molecule has 0 heterocycles. The quantitative estimate of drug-likeness (QED) is 0.793. The summed E-state index contributed by atoms with van der Waals surface area (Å²) in [6.07, 6.45) is 1.60. The third-order valence-corrected chi connectivity index (χ3v) is 3.98. The molecule has 1 unspecified atom stereocenters. The summed E-state index contributed by atoms with van der Waals surface area (Å²) in [5.74, 6) is 0.426. The molecule has 1 aromatic carbocycles. The fraction of sp³-hybridized carbons (Fsp3) is 0.562. The summed E-state index contributed by atoms with van der Waals surface area (Å²) in [4.78, 5) is 12.6. The van der Waals surface area contributed by atoms with E-state index in [4.69, 9.17) is 5.73 Å². The lowest BCUT2D eigenvalue weighted by Gasteiger charge is -2.31. The second-order valence-corrected chi connectivity index (χ2v) is 5.21. The van der Waals surface area contributed by atoms with E-state index in [2.05, 4.69) is 19.2 Å². The van der Waals surface area contributed by atoms with Crippen LogP contribution in [0.15, 0.2) is 30.3 Å². The number of nitrogens with one attached hydrogen (secondary N) is 1. The highest BCUT2D eigenvalue weighted by atomic mass is 16.2. The lowest BCUT2D eigenvalue weighted by Crippen LogP contribution is -2.45. The lowest BCUT2D eigenvalue weighted by atomic mass is 9.75. The highest BCUT2D eigenvalue weighted by molar-refractivity contribution is 5.88. The van der Waals surface area contributed by atoms with Gasteiger partial charge in [-0.2, -0.15) is 0 Å². The summed E-state index contributed by atoms with van der Waals surface area (Å²) in [6, 6.07) is 10.0. The van der Waals surface area contributed by atoms with Crippen LogP contribution in [0.2, 0.25) is 0 Å². The molecule has 0 aliphatic heterocycles. The van der Waals surface area contributed by atoms with Crippen molar-refractivity contribution in [2.75, 3.05) is 13.1 Å². The van der Waals surface area contributed by atoms with E-state index in [1.165, 1.54) is 0 Å². The molecule has 0 fully saturated rings. The van der Waals surface area contributed by atoms with Gasteiger partial charge in [-0.05, 0) is 30.9 Å². The molecule has 3 N–H and O–H groups in total. The largest absolute Gasteiger partial charge is 0.355 e. The Labute approximate surface area is 116 Å². The number of nitrogens with two attached hydrogens (primary N) is 1. The standard InChI is InChI=1S/C16H26N2O/c1-4-16(5-2,14-9-7-6-8-10-14)15(19)18-12-13(3)11-17/h6-10,13H,4-5,11-12,17H2,1-3H3,(H,18,19). The topological polar surface area (TPSA) is 55.1 Å². The molecule has 3 nitrogen and oxygen atoms in total. The fourth-order valence-corrected chi connectivity index (χ4v) is 2.39. The third-order valence-electron chi connectivity index (χ3n) is 3.98. The molecule has 0 aliphatic carbocycles. The van der Waals surface area contributed by atoms with Gasteiger partial charge in [0.1, 0.15) is 0 Å². The Balaban J connectivity index is 2.90. The number of amides is 1. The van der Waals surface area contributed by atoms with Crippen molar-refractivity contribution in [2.24, 2.45) is 11.7 Å². The average Bonchev–Trinajstić information content (AvgIpc) is 2.47. The van der Waals surface area contributed by atoms with Crippen molar-refractivity contribution in [3.8, 4) is 0 Å². The zero-order chi connectivity index (χ0) is 14.3. The van der Waals surface area contributed by atoms with Gasteiger partial charge in [-0.15, -0.1) is 0 Å². The summed E-state index contributed by atoms with van der Waals surface area (Å²) >= 11 is 0. The SMILES string of the molecule is CCC(CC)(C(=O)NCC(C)CN)c1ccccc1.